The Morgan fingerprint density at radius 3 is 2.23 bits per heavy atom. The topological polar surface area (TPSA) is 84.5 Å². The summed E-state index contributed by atoms with van der Waals surface area (Å²) in [6.45, 7) is 1.45. The van der Waals surface area contributed by atoms with Crippen LogP contribution in [-0.2, 0) is 14.3 Å². The van der Waals surface area contributed by atoms with Crippen molar-refractivity contribution in [2.24, 2.45) is 0 Å². The fourth-order valence-electron chi connectivity index (χ4n) is 2.49. The summed E-state index contributed by atoms with van der Waals surface area (Å²) < 4.78 is 18.0. The molecule has 0 bridgehead atoms. The summed E-state index contributed by atoms with van der Waals surface area (Å²) in [5.74, 6) is -1.78. The van der Waals surface area contributed by atoms with Crippen LogP contribution >= 0.6 is 11.3 Å². The zero-order valence-electron chi connectivity index (χ0n) is 16.5. The highest BCUT2D eigenvalue weighted by Crippen LogP contribution is 2.17. The molecule has 0 fully saturated rings. The number of carbonyl (C=O) groups is 3. The van der Waals surface area contributed by atoms with E-state index >= 15 is 0 Å². The third-order valence-electron chi connectivity index (χ3n) is 4.10. The molecule has 0 saturated heterocycles. The number of ether oxygens (including phenoxy) is 1. The van der Waals surface area contributed by atoms with E-state index < -0.39 is 18.0 Å². The summed E-state index contributed by atoms with van der Waals surface area (Å²) in [5, 5.41) is 7.23. The number of carbonyl (C=O) groups excluding carboxylic acids is 3. The highest BCUT2D eigenvalue weighted by atomic mass is 32.1. The molecular weight excluding hydrogens is 419 g/mol. The number of hydrogen-bond acceptors (Lipinski definition) is 5. The predicted octanol–water partition coefficient (Wildman–Crippen LogP) is 4.72. The van der Waals surface area contributed by atoms with Crippen molar-refractivity contribution in [3.63, 3.8) is 0 Å². The molecule has 1 unspecified atom stereocenters. The first kappa shape index (κ1) is 21.9. The Hall–Kier alpha value is -3.78. The lowest BCUT2D eigenvalue weighted by molar-refractivity contribution is -0.148. The largest absolute Gasteiger partial charge is 0.449 e. The van der Waals surface area contributed by atoms with Crippen molar-refractivity contribution >= 4 is 46.6 Å². The first-order valence-electron chi connectivity index (χ1n) is 9.31. The van der Waals surface area contributed by atoms with Crippen molar-refractivity contribution in [2.45, 2.75) is 13.0 Å². The summed E-state index contributed by atoms with van der Waals surface area (Å²) in [4.78, 5) is 36.8. The summed E-state index contributed by atoms with van der Waals surface area (Å²) in [6, 6.07) is 15.7. The molecule has 2 amide bonds. The number of hydrogen-bond donors (Lipinski definition) is 2. The molecule has 0 radical (unpaired) electrons. The molecule has 0 aliphatic rings. The van der Waals surface area contributed by atoms with Crippen LogP contribution in [0.15, 0.2) is 72.1 Å². The van der Waals surface area contributed by atoms with E-state index in [1.54, 1.807) is 36.4 Å². The molecular formula is C23H19FN2O4S. The summed E-state index contributed by atoms with van der Waals surface area (Å²) in [7, 11) is 0. The Labute approximate surface area is 182 Å². The Morgan fingerprint density at radius 2 is 1.61 bits per heavy atom. The van der Waals surface area contributed by atoms with Crippen LogP contribution in [0.5, 0.6) is 0 Å². The lowest BCUT2D eigenvalue weighted by Gasteiger charge is -2.13. The first-order valence-corrected chi connectivity index (χ1v) is 10.2. The molecule has 6 nitrogen and oxygen atoms in total. The maximum atomic E-state index is 12.9. The smallest absolute Gasteiger partial charge is 0.331 e. The van der Waals surface area contributed by atoms with Crippen molar-refractivity contribution in [1.82, 2.24) is 0 Å². The Kier molecular flexibility index (Phi) is 7.29. The van der Waals surface area contributed by atoms with Crippen molar-refractivity contribution in [3.05, 3.63) is 88.4 Å². The maximum Gasteiger partial charge on any atom is 0.331 e. The van der Waals surface area contributed by atoms with Gasteiger partial charge in [-0.05, 0) is 66.4 Å². The van der Waals surface area contributed by atoms with E-state index in [4.69, 9.17) is 4.74 Å². The minimum Gasteiger partial charge on any atom is -0.449 e. The maximum absolute atomic E-state index is 12.9. The van der Waals surface area contributed by atoms with E-state index in [1.807, 2.05) is 5.38 Å². The van der Waals surface area contributed by atoms with Crippen LogP contribution in [0.2, 0.25) is 0 Å². The highest BCUT2D eigenvalue weighted by molar-refractivity contribution is 7.12. The number of amides is 2. The predicted molar refractivity (Wildman–Crippen MR) is 118 cm³/mol. The standard InChI is InChI=1S/C23H19FN2O4S/c1-15(30-21(27)13-6-16-4-7-17(24)8-5-16)22(28)25-18-9-11-19(12-10-18)26-23(29)20-3-2-14-31-20/h2-15H,1H3,(H,25,28)(H,26,29)/b13-6+. The minimum atomic E-state index is -1.02. The quantitative estimate of drug-likeness (QED) is 0.413. The number of anilines is 2. The summed E-state index contributed by atoms with van der Waals surface area (Å²) in [6.07, 6.45) is 1.61. The van der Waals surface area contributed by atoms with E-state index in [0.717, 1.165) is 0 Å². The molecule has 1 heterocycles. The minimum absolute atomic E-state index is 0.207. The normalized spacial score (nSPS) is 11.7. The van der Waals surface area contributed by atoms with Crippen molar-refractivity contribution in [1.29, 1.82) is 0 Å². The van der Waals surface area contributed by atoms with Crippen LogP contribution in [0.25, 0.3) is 6.08 Å². The second-order valence-electron chi connectivity index (χ2n) is 6.46. The van der Waals surface area contributed by atoms with Gasteiger partial charge in [-0.15, -0.1) is 11.3 Å². The van der Waals surface area contributed by atoms with Gasteiger partial charge in [-0.2, -0.15) is 0 Å². The number of esters is 1. The third kappa shape index (κ3) is 6.61. The van der Waals surface area contributed by atoms with Crippen LogP contribution in [0.3, 0.4) is 0 Å². The molecule has 158 valence electrons. The Balaban J connectivity index is 1.49. The van der Waals surface area contributed by atoms with Gasteiger partial charge in [-0.3, -0.25) is 9.59 Å². The van der Waals surface area contributed by atoms with E-state index in [2.05, 4.69) is 10.6 Å². The number of benzene rings is 2. The summed E-state index contributed by atoms with van der Waals surface area (Å²) in [5.41, 5.74) is 1.70. The van der Waals surface area contributed by atoms with Gasteiger partial charge in [0.25, 0.3) is 11.8 Å². The van der Waals surface area contributed by atoms with Gasteiger partial charge in [-0.25, -0.2) is 9.18 Å². The lowest BCUT2D eigenvalue weighted by Crippen LogP contribution is -2.29. The molecule has 3 aromatic rings. The molecule has 3 rings (SSSR count). The molecule has 1 aromatic heterocycles. The van der Waals surface area contributed by atoms with Crippen molar-refractivity contribution < 1.29 is 23.5 Å². The lowest BCUT2D eigenvalue weighted by atomic mass is 10.2. The van der Waals surface area contributed by atoms with Crippen LogP contribution in [0.1, 0.15) is 22.2 Å². The molecule has 0 spiro atoms. The fraction of sp³-hybridized carbons (Fsp3) is 0.0870. The van der Waals surface area contributed by atoms with Gasteiger partial charge >= 0.3 is 5.97 Å². The SMILES string of the molecule is CC(OC(=O)/C=C/c1ccc(F)cc1)C(=O)Nc1ccc(NC(=O)c2cccs2)cc1. The number of nitrogens with one attached hydrogen (secondary N) is 2. The molecule has 2 N–H and O–H groups in total. The van der Waals surface area contributed by atoms with Gasteiger partial charge in [0.2, 0.25) is 0 Å². The number of rotatable bonds is 7. The van der Waals surface area contributed by atoms with Crippen LogP contribution in [0, 0.1) is 5.82 Å². The monoisotopic (exact) mass is 438 g/mol. The van der Waals surface area contributed by atoms with E-state index in [1.165, 1.54) is 54.7 Å². The van der Waals surface area contributed by atoms with Crippen molar-refractivity contribution in [2.75, 3.05) is 10.6 Å². The molecule has 0 saturated carbocycles. The van der Waals surface area contributed by atoms with Gasteiger partial charge in [0.05, 0.1) is 4.88 Å². The second-order valence-corrected chi connectivity index (χ2v) is 7.41. The molecule has 8 heteroatoms. The van der Waals surface area contributed by atoms with Gasteiger partial charge in [-0.1, -0.05) is 18.2 Å². The zero-order chi connectivity index (χ0) is 22.2. The third-order valence-corrected chi connectivity index (χ3v) is 4.97. The average Bonchev–Trinajstić information content (AvgIpc) is 3.30. The van der Waals surface area contributed by atoms with E-state index in [-0.39, 0.29) is 11.7 Å². The zero-order valence-corrected chi connectivity index (χ0v) is 17.3. The number of halogens is 1. The number of thiophene rings is 1. The average molecular weight is 438 g/mol. The van der Waals surface area contributed by atoms with Gasteiger partial charge < -0.3 is 15.4 Å². The molecule has 0 aliphatic carbocycles. The van der Waals surface area contributed by atoms with E-state index in [0.29, 0.717) is 21.8 Å². The van der Waals surface area contributed by atoms with E-state index in [9.17, 15) is 18.8 Å². The van der Waals surface area contributed by atoms with Gasteiger partial charge in [0.15, 0.2) is 6.10 Å². The van der Waals surface area contributed by atoms with Gasteiger partial charge in [0.1, 0.15) is 5.82 Å². The molecule has 1 atom stereocenters. The second kappa shape index (κ2) is 10.3. The Morgan fingerprint density at radius 1 is 0.968 bits per heavy atom. The van der Waals surface area contributed by atoms with Gasteiger partial charge in [0, 0.05) is 17.5 Å². The van der Waals surface area contributed by atoms with Crippen LogP contribution in [0.4, 0.5) is 15.8 Å². The fourth-order valence-corrected chi connectivity index (χ4v) is 3.11. The molecule has 0 aliphatic heterocycles. The van der Waals surface area contributed by atoms with Crippen molar-refractivity contribution in [3.8, 4) is 0 Å². The summed E-state index contributed by atoms with van der Waals surface area (Å²) >= 11 is 1.34. The van der Waals surface area contributed by atoms with Crippen LogP contribution in [-0.4, -0.2) is 23.9 Å². The first-order chi connectivity index (χ1) is 14.9. The molecule has 2 aromatic carbocycles. The molecule has 31 heavy (non-hydrogen) atoms. The highest BCUT2D eigenvalue weighted by Gasteiger charge is 2.17. The van der Waals surface area contributed by atoms with Crippen LogP contribution < -0.4 is 10.6 Å². The Bertz CT molecular complexity index is 1080.